The van der Waals surface area contributed by atoms with E-state index in [2.05, 4.69) is 30.1 Å². The van der Waals surface area contributed by atoms with Gasteiger partial charge in [0.2, 0.25) is 5.91 Å². The first-order valence-corrected chi connectivity index (χ1v) is 7.43. The molecule has 2 aliphatic rings. The third-order valence-corrected chi connectivity index (χ3v) is 5.00. The van der Waals surface area contributed by atoms with Gasteiger partial charge < -0.3 is 9.80 Å². The molecule has 1 aromatic rings. The number of carbonyl (C=O) groups excluding carboxylic acids is 1. The van der Waals surface area contributed by atoms with E-state index in [0.29, 0.717) is 5.91 Å². The van der Waals surface area contributed by atoms with Gasteiger partial charge in [-0.3, -0.25) is 4.79 Å². The SMILES string of the molecule is CN1CCN(C(=O)C2CSc3ccccc32)CC1. The lowest BCUT2D eigenvalue weighted by Gasteiger charge is -2.34. The van der Waals surface area contributed by atoms with E-state index >= 15 is 0 Å². The average Bonchev–Trinajstić information content (AvgIpc) is 2.82. The third-order valence-electron chi connectivity index (χ3n) is 3.81. The van der Waals surface area contributed by atoms with Crippen LogP contribution < -0.4 is 0 Å². The first-order chi connectivity index (χ1) is 8.75. The Labute approximate surface area is 112 Å². The van der Waals surface area contributed by atoms with Gasteiger partial charge in [0.05, 0.1) is 5.92 Å². The number of nitrogens with zero attached hydrogens (tertiary/aromatic N) is 2. The molecule has 0 spiro atoms. The molecule has 1 fully saturated rings. The van der Waals surface area contributed by atoms with Crippen molar-refractivity contribution in [2.24, 2.45) is 0 Å². The summed E-state index contributed by atoms with van der Waals surface area (Å²) in [5.41, 5.74) is 1.23. The number of hydrogen-bond acceptors (Lipinski definition) is 3. The van der Waals surface area contributed by atoms with Crippen LogP contribution in [0.15, 0.2) is 29.2 Å². The van der Waals surface area contributed by atoms with Crippen molar-refractivity contribution in [2.75, 3.05) is 39.0 Å². The lowest BCUT2D eigenvalue weighted by atomic mass is 9.99. The Kier molecular flexibility index (Phi) is 3.31. The molecule has 1 saturated heterocycles. The molecule has 1 amide bonds. The number of fused-ring (bicyclic) bond motifs is 1. The number of amides is 1. The van der Waals surface area contributed by atoms with Crippen LogP contribution in [-0.4, -0.2) is 54.7 Å². The number of benzene rings is 1. The summed E-state index contributed by atoms with van der Waals surface area (Å²) >= 11 is 1.81. The Balaban J connectivity index is 1.74. The molecule has 0 radical (unpaired) electrons. The predicted octanol–water partition coefficient (Wildman–Crippen LogP) is 1.65. The molecule has 0 aliphatic carbocycles. The Hall–Kier alpha value is -1.00. The molecule has 0 N–H and O–H groups in total. The Morgan fingerprint density at radius 3 is 2.72 bits per heavy atom. The zero-order chi connectivity index (χ0) is 12.5. The van der Waals surface area contributed by atoms with Crippen molar-refractivity contribution in [3.05, 3.63) is 29.8 Å². The van der Waals surface area contributed by atoms with Gasteiger partial charge in [0.15, 0.2) is 0 Å². The van der Waals surface area contributed by atoms with Gasteiger partial charge in [-0.25, -0.2) is 0 Å². The van der Waals surface area contributed by atoms with Crippen molar-refractivity contribution < 1.29 is 4.79 Å². The van der Waals surface area contributed by atoms with Crippen molar-refractivity contribution in [3.63, 3.8) is 0 Å². The van der Waals surface area contributed by atoms with E-state index in [4.69, 9.17) is 0 Å². The number of likely N-dealkylation sites (N-methyl/N-ethyl adjacent to an activating group) is 1. The fourth-order valence-corrected chi connectivity index (χ4v) is 3.83. The van der Waals surface area contributed by atoms with Gasteiger partial charge in [0.25, 0.3) is 0 Å². The van der Waals surface area contributed by atoms with Crippen molar-refractivity contribution in [1.29, 1.82) is 0 Å². The summed E-state index contributed by atoms with van der Waals surface area (Å²) in [4.78, 5) is 18.2. The zero-order valence-electron chi connectivity index (χ0n) is 10.6. The standard InChI is InChI=1S/C14H18N2OS/c1-15-6-8-16(9-7-15)14(17)12-10-18-13-5-3-2-4-11(12)13/h2-5,12H,6-10H2,1H3. The molecule has 1 unspecified atom stereocenters. The second-order valence-electron chi connectivity index (χ2n) is 5.03. The van der Waals surface area contributed by atoms with E-state index in [-0.39, 0.29) is 5.92 Å². The molecular weight excluding hydrogens is 244 g/mol. The summed E-state index contributed by atoms with van der Waals surface area (Å²) in [6, 6.07) is 8.31. The van der Waals surface area contributed by atoms with Gasteiger partial charge >= 0.3 is 0 Å². The molecule has 2 heterocycles. The summed E-state index contributed by atoms with van der Waals surface area (Å²) in [5, 5.41) is 0. The Morgan fingerprint density at radius 1 is 1.22 bits per heavy atom. The van der Waals surface area contributed by atoms with Crippen molar-refractivity contribution in [2.45, 2.75) is 10.8 Å². The minimum atomic E-state index is 0.0783. The molecule has 2 aliphatic heterocycles. The summed E-state index contributed by atoms with van der Waals surface area (Å²) in [6.45, 7) is 3.73. The van der Waals surface area contributed by atoms with Crippen LogP contribution in [0.4, 0.5) is 0 Å². The second kappa shape index (κ2) is 4.94. The lowest BCUT2D eigenvalue weighted by molar-refractivity contribution is -0.133. The van der Waals surface area contributed by atoms with E-state index in [1.165, 1.54) is 10.5 Å². The monoisotopic (exact) mass is 262 g/mol. The van der Waals surface area contributed by atoms with Crippen molar-refractivity contribution in [1.82, 2.24) is 9.80 Å². The van der Waals surface area contributed by atoms with E-state index in [1.54, 1.807) is 0 Å². The fourth-order valence-electron chi connectivity index (χ4n) is 2.61. The van der Waals surface area contributed by atoms with E-state index in [9.17, 15) is 4.79 Å². The molecule has 96 valence electrons. The first kappa shape index (κ1) is 12.1. The summed E-state index contributed by atoms with van der Waals surface area (Å²) in [5.74, 6) is 1.31. The largest absolute Gasteiger partial charge is 0.340 e. The van der Waals surface area contributed by atoms with Crippen LogP contribution >= 0.6 is 11.8 Å². The van der Waals surface area contributed by atoms with Gasteiger partial charge in [-0.05, 0) is 18.7 Å². The summed E-state index contributed by atoms with van der Waals surface area (Å²) < 4.78 is 0. The molecule has 3 nitrogen and oxygen atoms in total. The van der Waals surface area contributed by atoms with Crippen LogP contribution in [0.3, 0.4) is 0 Å². The third kappa shape index (κ3) is 2.15. The van der Waals surface area contributed by atoms with E-state index in [0.717, 1.165) is 31.9 Å². The average molecular weight is 262 g/mol. The van der Waals surface area contributed by atoms with Gasteiger partial charge in [-0.1, -0.05) is 18.2 Å². The smallest absolute Gasteiger partial charge is 0.231 e. The van der Waals surface area contributed by atoms with E-state index < -0.39 is 0 Å². The van der Waals surface area contributed by atoms with Gasteiger partial charge in [-0.2, -0.15) is 0 Å². The van der Waals surface area contributed by atoms with Crippen molar-refractivity contribution in [3.8, 4) is 0 Å². The molecular formula is C14H18N2OS. The predicted molar refractivity (Wildman–Crippen MR) is 74.0 cm³/mol. The maximum absolute atomic E-state index is 12.6. The number of hydrogen-bond donors (Lipinski definition) is 0. The quantitative estimate of drug-likeness (QED) is 0.769. The second-order valence-corrected chi connectivity index (χ2v) is 6.09. The van der Waals surface area contributed by atoms with Gasteiger partial charge in [0.1, 0.15) is 0 Å². The Bertz CT molecular complexity index is 455. The molecule has 0 bridgehead atoms. The van der Waals surface area contributed by atoms with Crippen LogP contribution in [0, 0.1) is 0 Å². The number of thioether (sulfide) groups is 1. The molecule has 18 heavy (non-hydrogen) atoms. The fraction of sp³-hybridized carbons (Fsp3) is 0.500. The lowest BCUT2D eigenvalue weighted by Crippen LogP contribution is -2.48. The van der Waals surface area contributed by atoms with Gasteiger partial charge in [0, 0.05) is 36.8 Å². The minimum Gasteiger partial charge on any atom is -0.340 e. The number of carbonyl (C=O) groups is 1. The van der Waals surface area contributed by atoms with Crippen LogP contribution in [0.2, 0.25) is 0 Å². The van der Waals surface area contributed by atoms with Crippen LogP contribution in [0.25, 0.3) is 0 Å². The summed E-state index contributed by atoms with van der Waals surface area (Å²) in [6.07, 6.45) is 0. The number of rotatable bonds is 1. The minimum absolute atomic E-state index is 0.0783. The molecule has 4 heteroatoms. The highest BCUT2D eigenvalue weighted by Gasteiger charge is 2.32. The highest BCUT2D eigenvalue weighted by atomic mass is 32.2. The molecule has 3 rings (SSSR count). The maximum atomic E-state index is 12.6. The first-order valence-electron chi connectivity index (χ1n) is 6.45. The maximum Gasteiger partial charge on any atom is 0.231 e. The summed E-state index contributed by atoms with van der Waals surface area (Å²) in [7, 11) is 2.11. The molecule has 1 aromatic carbocycles. The topological polar surface area (TPSA) is 23.6 Å². The normalized spacial score (nSPS) is 24.1. The van der Waals surface area contributed by atoms with Crippen LogP contribution in [-0.2, 0) is 4.79 Å². The molecule has 1 atom stereocenters. The van der Waals surface area contributed by atoms with Crippen molar-refractivity contribution >= 4 is 17.7 Å². The van der Waals surface area contributed by atoms with Crippen LogP contribution in [0.5, 0.6) is 0 Å². The molecule has 0 aromatic heterocycles. The zero-order valence-corrected chi connectivity index (χ0v) is 11.4. The number of piperazine rings is 1. The Morgan fingerprint density at radius 2 is 1.94 bits per heavy atom. The van der Waals surface area contributed by atoms with Crippen LogP contribution in [0.1, 0.15) is 11.5 Å². The highest BCUT2D eigenvalue weighted by molar-refractivity contribution is 7.99. The molecule has 0 saturated carbocycles. The highest BCUT2D eigenvalue weighted by Crippen LogP contribution is 2.40. The van der Waals surface area contributed by atoms with E-state index in [1.807, 2.05) is 22.7 Å². The van der Waals surface area contributed by atoms with Gasteiger partial charge in [-0.15, -0.1) is 11.8 Å².